The minimum absolute atomic E-state index is 0.505. The van der Waals surface area contributed by atoms with Gasteiger partial charge in [0.05, 0.1) is 16.8 Å². The van der Waals surface area contributed by atoms with E-state index in [-0.39, 0.29) is 0 Å². The fourth-order valence-electron chi connectivity index (χ4n) is 10.8. The lowest BCUT2D eigenvalue weighted by molar-refractivity contribution is 0.734. The van der Waals surface area contributed by atoms with Crippen molar-refractivity contribution in [3.8, 4) is 22.3 Å². The largest absolute Gasteiger partial charge is 0.324 e. The molecule has 1 N–H and O–H groups in total. The first-order valence-electron chi connectivity index (χ1n) is 22.0. The Morgan fingerprint density at radius 2 is 0.859 bits per heavy atom. The summed E-state index contributed by atoms with van der Waals surface area (Å²) in [5.41, 5.74) is 15.8. The van der Waals surface area contributed by atoms with Crippen LogP contribution in [0.2, 0.25) is 0 Å². The number of nitrogens with zero attached hydrogens (tertiary/aromatic N) is 3. The number of hydrogen-bond donors (Lipinski definition) is 1. The minimum atomic E-state index is -0.679. The molecule has 0 saturated heterocycles. The van der Waals surface area contributed by atoms with Gasteiger partial charge < -0.3 is 10.2 Å². The van der Waals surface area contributed by atoms with Gasteiger partial charge >= 0.3 is 0 Å². The normalized spacial score (nSPS) is 15.4. The summed E-state index contributed by atoms with van der Waals surface area (Å²) in [5.74, 6) is 1.59. The van der Waals surface area contributed by atoms with Gasteiger partial charge in [-0.2, -0.15) is 0 Å². The van der Waals surface area contributed by atoms with Gasteiger partial charge in [-0.25, -0.2) is 9.98 Å². The van der Waals surface area contributed by atoms with Crippen LogP contribution in [0.25, 0.3) is 43.8 Å². The van der Waals surface area contributed by atoms with E-state index < -0.39 is 11.6 Å². The molecule has 64 heavy (non-hydrogen) atoms. The molecule has 2 heterocycles. The summed E-state index contributed by atoms with van der Waals surface area (Å²) in [6.07, 6.45) is -0.505. The first-order chi connectivity index (χ1) is 31.8. The van der Waals surface area contributed by atoms with Crippen molar-refractivity contribution in [3.63, 3.8) is 0 Å². The molecule has 0 aromatic heterocycles. The predicted octanol–water partition coefficient (Wildman–Crippen LogP) is 14.3. The molecule has 13 rings (SSSR count). The Morgan fingerprint density at radius 1 is 0.391 bits per heavy atom. The molecule has 0 bridgehead atoms. The molecule has 0 radical (unpaired) electrons. The highest BCUT2D eigenvalue weighted by Gasteiger charge is 2.53. The monoisotopic (exact) mass is 816 g/mol. The lowest BCUT2D eigenvalue weighted by Gasteiger charge is -2.45. The number of aliphatic imine (C=N–C) groups is 2. The van der Waals surface area contributed by atoms with E-state index >= 15 is 0 Å². The van der Waals surface area contributed by atoms with Crippen LogP contribution in [0.1, 0.15) is 45.1 Å². The van der Waals surface area contributed by atoms with Gasteiger partial charge in [-0.3, -0.25) is 0 Å². The lowest BCUT2D eigenvalue weighted by Crippen LogP contribution is -2.37. The van der Waals surface area contributed by atoms with Crippen LogP contribution in [0, 0.1) is 0 Å². The minimum Gasteiger partial charge on any atom is -0.324 e. The Kier molecular flexibility index (Phi) is 8.16. The first kappa shape index (κ1) is 36.3. The van der Waals surface area contributed by atoms with Crippen LogP contribution < -0.4 is 10.2 Å². The standard InChI is InChI=1S/C60H40N4/c1-4-18-39(19-5-1)40-32-34-42(35-33-40)58-61-57(41-20-6-2-7-21-41)62-59(63-58)43-36-37-49-52(38-43)60(56-48-27-13-11-25-46(48)45-24-10-12-26-47(45)55(49)56)50-28-14-16-30-53(50)64(44-22-8-3-9-23-44)54-31-17-15-29-51(54)60/h1-38,59H,(H,61,62,63). The molecule has 4 heteroatoms. The fourth-order valence-corrected chi connectivity index (χ4v) is 10.8. The number of fused-ring (bicyclic) bond motifs is 14. The highest BCUT2D eigenvalue weighted by molar-refractivity contribution is 6.20. The maximum atomic E-state index is 5.46. The molecule has 4 nitrogen and oxygen atoms in total. The van der Waals surface area contributed by atoms with Crippen molar-refractivity contribution in [2.45, 2.75) is 11.6 Å². The molecule has 1 atom stereocenters. The van der Waals surface area contributed by atoms with E-state index in [1.807, 2.05) is 6.07 Å². The molecular formula is C60H40N4. The van der Waals surface area contributed by atoms with E-state index in [0.29, 0.717) is 0 Å². The molecule has 10 aromatic carbocycles. The summed E-state index contributed by atoms with van der Waals surface area (Å²) in [4.78, 5) is 13.3. The molecule has 2 aliphatic heterocycles. The summed E-state index contributed by atoms with van der Waals surface area (Å²) in [6.45, 7) is 0. The van der Waals surface area contributed by atoms with Gasteiger partial charge in [-0.15, -0.1) is 0 Å². The number of anilines is 3. The number of rotatable bonds is 5. The lowest BCUT2D eigenvalue weighted by atomic mass is 9.63. The summed E-state index contributed by atoms with van der Waals surface area (Å²) in [5, 5.41) is 8.68. The van der Waals surface area contributed by atoms with E-state index in [2.05, 4.69) is 235 Å². The maximum absolute atomic E-state index is 5.46. The van der Waals surface area contributed by atoms with Crippen molar-refractivity contribution in [3.05, 3.63) is 269 Å². The summed E-state index contributed by atoms with van der Waals surface area (Å²) < 4.78 is 0. The van der Waals surface area contributed by atoms with Crippen molar-refractivity contribution in [1.29, 1.82) is 0 Å². The summed E-state index contributed by atoms with van der Waals surface area (Å²) in [7, 11) is 0. The molecule has 0 fully saturated rings. The molecule has 1 spiro atoms. The Bertz CT molecular complexity index is 3470. The molecule has 300 valence electrons. The highest BCUT2D eigenvalue weighted by atomic mass is 15.2. The Morgan fingerprint density at radius 3 is 1.50 bits per heavy atom. The van der Waals surface area contributed by atoms with Gasteiger partial charge in [-0.05, 0) is 102 Å². The zero-order chi connectivity index (χ0) is 42.2. The third-order valence-corrected chi connectivity index (χ3v) is 13.5. The average molecular weight is 817 g/mol. The fraction of sp³-hybridized carbons (Fsp3) is 0.0333. The van der Waals surface area contributed by atoms with Crippen molar-refractivity contribution in [1.82, 2.24) is 5.32 Å². The van der Waals surface area contributed by atoms with Gasteiger partial charge in [0.15, 0.2) is 6.17 Å². The third-order valence-electron chi connectivity index (χ3n) is 13.5. The number of benzene rings is 10. The second-order valence-electron chi connectivity index (χ2n) is 16.9. The molecular weight excluding hydrogens is 777 g/mol. The van der Waals surface area contributed by atoms with Crippen LogP contribution in [-0.2, 0) is 5.41 Å². The number of hydrogen-bond acceptors (Lipinski definition) is 4. The Balaban J connectivity index is 1.09. The van der Waals surface area contributed by atoms with Gasteiger partial charge in [0, 0.05) is 16.8 Å². The molecule has 10 aromatic rings. The zero-order valence-electron chi connectivity index (χ0n) is 34.9. The van der Waals surface area contributed by atoms with Gasteiger partial charge in [0.2, 0.25) is 0 Å². The van der Waals surface area contributed by atoms with Crippen molar-refractivity contribution < 1.29 is 0 Å². The first-order valence-corrected chi connectivity index (χ1v) is 22.0. The topological polar surface area (TPSA) is 40.0 Å². The molecule has 0 saturated carbocycles. The summed E-state index contributed by atoms with van der Waals surface area (Å²) in [6, 6.07) is 83.6. The smallest absolute Gasteiger partial charge is 0.169 e. The van der Waals surface area contributed by atoms with Crippen molar-refractivity contribution in [2.24, 2.45) is 9.98 Å². The van der Waals surface area contributed by atoms with Crippen LogP contribution in [-0.4, -0.2) is 11.7 Å². The van der Waals surface area contributed by atoms with Crippen LogP contribution in [0.15, 0.2) is 241 Å². The van der Waals surface area contributed by atoms with E-state index in [1.165, 1.54) is 71.9 Å². The van der Waals surface area contributed by atoms with Crippen molar-refractivity contribution in [2.75, 3.05) is 4.90 Å². The van der Waals surface area contributed by atoms with E-state index in [0.717, 1.165) is 39.6 Å². The second-order valence-corrected chi connectivity index (χ2v) is 16.9. The number of nitrogens with one attached hydrogen (secondary N) is 1. The molecule has 3 aliphatic rings. The quantitative estimate of drug-likeness (QED) is 0.176. The Labute approximate surface area is 372 Å². The van der Waals surface area contributed by atoms with Crippen LogP contribution in [0.5, 0.6) is 0 Å². The Hall–Kier alpha value is -8.34. The van der Waals surface area contributed by atoms with E-state index in [1.54, 1.807) is 0 Å². The molecule has 1 unspecified atom stereocenters. The average Bonchev–Trinajstić information content (AvgIpc) is 3.68. The zero-order valence-corrected chi connectivity index (χ0v) is 34.9. The van der Waals surface area contributed by atoms with E-state index in [4.69, 9.17) is 9.98 Å². The van der Waals surface area contributed by atoms with Crippen LogP contribution in [0.3, 0.4) is 0 Å². The molecule has 1 aliphatic carbocycles. The number of para-hydroxylation sites is 3. The predicted molar refractivity (Wildman–Crippen MR) is 264 cm³/mol. The SMILES string of the molecule is c1ccc(C2=NC(c3ccc4c(c3)C3(c5ccccc5N(c5ccccc5)c5ccccc53)c3c-4c4ccccc4c4ccccc34)N=C(c3ccc(-c4ccccc4)cc3)N2)cc1. The summed E-state index contributed by atoms with van der Waals surface area (Å²) >= 11 is 0. The van der Waals surface area contributed by atoms with Crippen LogP contribution >= 0.6 is 0 Å². The highest BCUT2D eigenvalue weighted by Crippen LogP contribution is 2.66. The maximum Gasteiger partial charge on any atom is 0.169 e. The van der Waals surface area contributed by atoms with Crippen molar-refractivity contribution >= 4 is 50.3 Å². The number of amidine groups is 2. The van der Waals surface area contributed by atoms with Gasteiger partial charge in [0.1, 0.15) is 11.7 Å². The van der Waals surface area contributed by atoms with Gasteiger partial charge in [0.25, 0.3) is 0 Å². The van der Waals surface area contributed by atoms with Crippen LogP contribution in [0.4, 0.5) is 17.1 Å². The van der Waals surface area contributed by atoms with Gasteiger partial charge in [-0.1, -0.05) is 200 Å². The second kappa shape index (κ2) is 14.4. The molecule has 0 amide bonds. The van der Waals surface area contributed by atoms with E-state index in [9.17, 15) is 0 Å². The third kappa shape index (κ3) is 5.36.